The van der Waals surface area contributed by atoms with E-state index in [1.807, 2.05) is 30.5 Å². The molecule has 4 heteroatoms. The SMILES string of the molecule is OCC1(c2ncc(-c3ccc(Br)cc3)[nH]2)CC1. The molecule has 1 heterocycles. The van der Waals surface area contributed by atoms with Crippen LogP contribution in [0.1, 0.15) is 18.7 Å². The Hall–Kier alpha value is -1.13. The van der Waals surface area contributed by atoms with Gasteiger partial charge in [-0.2, -0.15) is 0 Å². The number of aromatic nitrogens is 2. The monoisotopic (exact) mass is 292 g/mol. The van der Waals surface area contributed by atoms with E-state index in [0.717, 1.165) is 34.4 Å². The zero-order chi connectivity index (χ0) is 11.9. The van der Waals surface area contributed by atoms with Gasteiger partial charge in [0.15, 0.2) is 0 Å². The molecule has 0 saturated heterocycles. The van der Waals surface area contributed by atoms with Gasteiger partial charge >= 0.3 is 0 Å². The third-order valence-electron chi connectivity index (χ3n) is 3.39. The molecule has 0 aliphatic heterocycles. The van der Waals surface area contributed by atoms with Gasteiger partial charge in [0.2, 0.25) is 0 Å². The number of hydrogen-bond acceptors (Lipinski definition) is 2. The summed E-state index contributed by atoms with van der Waals surface area (Å²) < 4.78 is 1.06. The number of rotatable bonds is 3. The second kappa shape index (κ2) is 3.96. The predicted molar refractivity (Wildman–Crippen MR) is 69.7 cm³/mol. The molecule has 2 N–H and O–H groups in total. The molecule has 0 bridgehead atoms. The van der Waals surface area contributed by atoms with Crippen LogP contribution in [-0.2, 0) is 5.41 Å². The van der Waals surface area contributed by atoms with Gasteiger partial charge in [-0.05, 0) is 30.5 Å². The Kier molecular flexibility index (Phi) is 2.56. The zero-order valence-corrected chi connectivity index (χ0v) is 10.9. The van der Waals surface area contributed by atoms with Crippen LogP contribution in [-0.4, -0.2) is 21.7 Å². The number of aromatic amines is 1. The van der Waals surface area contributed by atoms with Crippen molar-refractivity contribution < 1.29 is 5.11 Å². The van der Waals surface area contributed by atoms with Crippen LogP contribution in [0, 0.1) is 0 Å². The zero-order valence-electron chi connectivity index (χ0n) is 9.28. The third kappa shape index (κ3) is 1.91. The number of hydrogen-bond donors (Lipinski definition) is 2. The average Bonchev–Trinajstić information content (AvgIpc) is 3.00. The van der Waals surface area contributed by atoms with Crippen LogP contribution in [0.5, 0.6) is 0 Å². The van der Waals surface area contributed by atoms with Crippen molar-refractivity contribution in [2.75, 3.05) is 6.61 Å². The quantitative estimate of drug-likeness (QED) is 0.914. The summed E-state index contributed by atoms with van der Waals surface area (Å²) >= 11 is 3.42. The molecule has 3 rings (SSSR count). The Balaban J connectivity index is 1.92. The maximum Gasteiger partial charge on any atom is 0.115 e. The van der Waals surface area contributed by atoms with Crippen molar-refractivity contribution in [3.05, 3.63) is 40.8 Å². The summed E-state index contributed by atoms with van der Waals surface area (Å²) in [4.78, 5) is 7.71. The topological polar surface area (TPSA) is 48.9 Å². The fraction of sp³-hybridized carbons (Fsp3) is 0.308. The molecule has 0 radical (unpaired) electrons. The summed E-state index contributed by atoms with van der Waals surface area (Å²) in [5, 5.41) is 9.36. The van der Waals surface area contributed by atoms with Crippen LogP contribution in [0.3, 0.4) is 0 Å². The molecular weight excluding hydrogens is 280 g/mol. The van der Waals surface area contributed by atoms with Gasteiger partial charge in [-0.3, -0.25) is 0 Å². The van der Waals surface area contributed by atoms with Crippen LogP contribution >= 0.6 is 15.9 Å². The second-order valence-electron chi connectivity index (χ2n) is 4.59. The average molecular weight is 293 g/mol. The van der Waals surface area contributed by atoms with Crippen molar-refractivity contribution in [2.24, 2.45) is 0 Å². The molecule has 1 saturated carbocycles. The largest absolute Gasteiger partial charge is 0.395 e. The summed E-state index contributed by atoms with van der Waals surface area (Å²) in [6, 6.07) is 8.10. The van der Waals surface area contributed by atoms with Gasteiger partial charge in [0, 0.05) is 4.47 Å². The molecule has 88 valence electrons. The summed E-state index contributed by atoms with van der Waals surface area (Å²) in [5.74, 6) is 0.915. The van der Waals surface area contributed by atoms with E-state index >= 15 is 0 Å². The third-order valence-corrected chi connectivity index (χ3v) is 3.92. The Morgan fingerprint density at radius 3 is 2.59 bits per heavy atom. The van der Waals surface area contributed by atoms with Crippen molar-refractivity contribution in [3.63, 3.8) is 0 Å². The minimum absolute atomic E-state index is 0.0897. The first-order valence-corrected chi connectivity index (χ1v) is 6.45. The number of aliphatic hydroxyl groups is 1. The van der Waals surface area contributed by atoms with E-state index in [-0.39, 0.29) is 12.0 Å². The number of imidazole rings is 1. The van der Waals surface area contributed by atoms with Gasteiger partial charge in [0.05, 0.1) is 23.9 Å². The van der Waals surface area contributed by atoms with Crippen molar-refractivity contribution in [1.82, 2.24) is 9.97 Å². The van der Waals surface area contributed by atoms with E-state index in [0.29, 0.717) is 0 Å². The van der Waals surface area contributed by atoms with Gasteiger partial charge in [-0.25, -0.2) is 4.98 Å². The lowest BCUT2D eigenvalue weighted by atomic mass is 10.1. The van der Waals surface area contributed by atoms with Gasteiger partial charge in [-0.15, -0.1) is 0 Å². The smallest absolute Gasteiger partial charge is 0.115 e. The highest BCUT2D eigenvalue weighted by Crippen LogP contribution is 2.46. The van der Waals surface area contributed by atoms with Crippen molar-refractivity contribution >= 4 is 15.9 Å². The Bertz CT molecular complexity index is 529. The molecule has 1 aromatic carbocycles. The number of nitrogens with one attached hydrogen (secondary N) is 1. The molecule has 17 heavy (non-hydrogen) atoms. The number of halogens is 1. The first kappa shape index (κ1) is 11.0. The summed E-state index contributed by atoms with van der Waals surface area (Å²) in [6.45, 7) is 0.181. The Labute approximate surface area is 108 Å². The van der Waals surface area contributed by atoms with Crippen molar-refractivity contribution in [2.45, 2.75) is 18.3 Å². The van der Waals surface area contributed by atoms with E-state index in [2.05, 4.69) is 25.9 Å². The number of aliphatic hydroxyl groups excluding tert-OH is 1. The van der Waals surface area contributed by atoms with E-state index in [4.69, 9.17) is 0 Å². The minimum Gasteiger partial charge on any atom is -0.395 e. The molecule has 1 fully saturated rings. The molecule has 2 aromatic rings. The van der Waals surface area contributed by atoms with E-state index in [1.165, 1.54) is 0 Å². The lowest BCUT2D eigenvalue weighted by molar-refractivity contribution is 0.250. The standard InChI is InChI=1S/C13H13BrN2O/c14-10-3-1-9(2-4-10)11-7-15-12(16-11)13(8-17)5-6-13/h1-4,7,17H,5-6,8H2,(H,15,16). The molecule has 0 unspecified atom stereocenters. The van der Waals surface area contributed by atoms with Crippen molar-refractivity contribution in [3.8, 4) is 11.3 Å². The molecule has 0 spiro atoms. The van der Waals surface area contributed by atoms with Crippen LogP contribution in [0.2, 0.25) is 0 Å². The lowest BCUT2D eigenvalue weighted by Gasteiger charge is -2.06. The van der Waals surface area contributed by atoms with Crippen LogP contribution in [0.4, 0.5) is 0 Å². The first-order chi connectivity index (χ1) is 8.23. The van der Waals surface area contributed by atoms with Gasteiger partial charge < -0.3 is 10.1 Å². The fourth-order valence-electron chi connectivity index (χ4n) is 1.99. The molecule has 1 aliphatic rings. The highest BCUT2D eigenvalue weighted by Gasteiger charge is 2.46. The fourth-order valence-corrected chi connectivity index (χ4v) is 2.25. The van der Waals surface area contributed by atoms with E-state index in [1.54, 1.807) is 0 Å². The van der Waals surface area contributed by atoms with Gasteiger partial charge in [-0.1, -0.05) is 28.1 Å². The Morgan fingerprint density at radius 2 is 2.00 bits per heavy atom. The molecular formula is C13H13BrN2O. The lowest BCUT2D eigenvalue weighted by Crippen LogP contribution is -2.13. The molecule has 3 nitrogen and oxygen atoms in total. The summed E-state index contributed by atoms with van der Waals surface area (Å²) in [7, 11) is 0. The second-order valence-corrected chi connectivity index (χ2v) is 5.51. The van der Waals surface area contributed by atoms with Crippen LogP contribution < -0.4 is 0 Å². The number of benzene rings is 1. The summed E-state index contributed by atoms with van der Waals surface area (Å²) in [5.41, 5.74) is 2.03. The van der Waals surface area contributed by atoms with Gasteiger partial charge in [0.25, 0.3) is 0 Å². The molecule has 0 amide bonds. The first-order valence-electron chi connectivity index (χ1n) is 5.66. The normalized spacial score (nSPS) is 17.1. The predicted octanol–water partition coefficient (Wildman–Crippen LogP) is 2.86. The highest BCUT2D eigenvalue weighted by molar-refractivity contribution is 9.10. The van der Waals surface area contributed by atoms with E-state index < -0.39 is 0 Å². The number of H-pyrrole nitrogens is 1. The maximum absolute atomic E-state index is 9.36. The number of nitrogens with zero attached hydrogens (tertiary/aromatic N) is 1. The molecule has 1 aliphatic carbocycles. The Morgan fingerprint density at radius 1 is 1.29 bits per heavy atom. The van der Waals surface area contributed by atoms with Gasteiger partial charge in [0.1, 0.15) is 5.82 Å². The van der Waals surface area contributed by atoms with E-state index in [9.17, 15) is 5.11 Å². The van der Waals surface area contributed by atoms with Crippen molar-refractivity contribution in [1.29, 1.82) is 0 Å². The minimum atomic E-state index is -0.0897. The highest BCUT2D eigenvalue weighted by atomic mass is 79.9. The summed E-state index contributed by atoms with van der Waals surface area (Å²) in [6.07, 6.45) is 3.89. The van der Waals surface area contributed by atoms with Crippen LogP contribution in [0.25, 0.3) is 11.3 Å². The maximum atomic E-state index is 9.36. The molecule has 1 aromatic heterocycles. The molecule has 0 atom stereocenters. The van der Waals surface area contributed by atoms with Crippen LogP contribution in [0.15, 0.2) is 34.9 Å².